The molecule has 0 fully saturated rings. The number of fused-ring (bicyclic) bond motifs is 1. The van der Waals surface area contributed by atoms with Crippen LogP contribution in [0.2, 0.25) is 0 Å². The van der Waals surface area contributed by atoms with Crippen molar-refractivity contribution in [3.8, 4) is 0 Å². The third-order valence-corrected chi connectivity index (χ3v) is 3.70. The average Bonchev–Trinajstić information content (AvgIpc) is 2.61. The topological polar surface area (TPSA) is 71.1 Å². The van der Waals surface area contributed by atoms with E-state index in [1.807, 2.05) is 12.1 Å². The molecule has 1 heterocycles. The van der Waals surface area contributed by atoms with Gasteiger partial charge in [-0.15, -0.1) is 0 Å². The van der Waals surface area contributed by atoms with E-state index in [0.717, 1.165) is 17.5 Å². The van der Waals surface area contributed by atoms with Gasteiger partial charge in [-0.1, -0.05) is 24.3 Å². The van der Waals surface area contributed by atoms with Crippen LogP contribution < -0.4 is 10.6 Å². The molecule has 0 aliphatic rings. The van der Waals surface area contributed by atoms with Crippen molar-refractivity contribution in [1.82, 2.24) is 4.98 Å². The molecule has 8 heteroatoms. The fourth-order valence-corrected chi connectivity index (χ4v) is 2.52. The lowest BCUT2D eigenvalue weighted by Crippen LogP contribution is -2.21. The van der Waals surface area contributed by atoms with Crippen LogP contribution in [0.15, 0.2) is 60.8 Å². The van der Waals surface area contributed by atoms with Gasteiger partial charge < -0.3 is 10.6 Å². The SMILES string of the molecule is O=C(CC(=O)Nc1cccc2cccnc12)Nc1cccc(C(F)(F)F)c1. The number of alkyl halides is 3. The van der Waals surface area contributed by atoms with Crippen LogP contribution in [0.1, 0.15) is 12.0 Å². The number of amides is 2. The monoisotopic (exact) mass is 373 g/mol. The predicted molar refractivity (Wildman–Crippen MR) is 95.1 cm³/mol. The largest absolute Gasteiger partial charge is 0.416 e. The molecule has 138 valence electrons. The van der Waals surface area contributed by atoms with Gasteiger partial charge in [0.1, 0.15) is 6.42 Å². The van der Waals surface area contributed by atoms with Crippen molar-refractivity contribution in [3.63, 3.8) is 0 Å². The minimum atomic E-state index is -4.51. The van der Waals surface area contributed by atoms with E-state index >= 15 is 0 Å². The summed E-state index contributed by atoms with van der Waals surface area (Å²) in [4.78, 5) is 28.3. The molecule has 3 rings (SSSR count). The summed E-state index contributed by atoms with van der Waals surface area (Å²) in [6, 6.07) is 13.0. The Morgan fingerprint density at radius 2 is 1.63 bits per heavy atom. The predicted octanol–water partition coefficient (Wildman–Crippen LogP) is 4.22. The zero-order valence-electron chi connectivity index (χ0n) is 13.9. The van der Waals surface area contributed by atoms with Gasteiger partial charge in [0, 0.05) is 17.3 Å². The molecule has 0 bridgehead atoms. The van der Waals surface area contributed by atoms with Gasteiger partial charge in [0.05, 0.1) is 16.8 Å². The second-order valence-corrected chi connectivity index (χ2v) is 5.73. The first-order valence-electron chi connectivity index (χ1n) is 7.93. The fourth-order valence-electron chi connectivity index (χ4n) is 2.52. The lowest BCUT2D eigenvalue weighted by Gasteiger charge is -2.10. The molecule has 0 saturated carbocycles. The molecule has 0 radical (unpaired) electrons. The minimum Gasteiger partial charge on any atom is -0.326 e. The average molecular weight is 373 g/mol. The second kappa shape index (κ2) is 7.45. The summed E-state index contributed by atoms with van der Waals surface area (Å²) in [6.07, 6.45) is -3.47. The lowest BCUT2D eigenvalue weighted by atomic mass is 10.2. The van der Waals surface area contributed by atoms with Gasteiger partial charge >= 0.3 is 6.18 Å². The molecule has 5 nitrogen and oxygen atoms in total. The first kappa shape index (κ1) is 18.4. The number of carbonyl (C=O) groups is 2. The van der Waals surface area contributed by atoms with Gasteiger partial charge in [0.25, 0.3) is 0 Å². The second-order valence-electron chi connectivity index (χ2n) is 5.73. The van der Waals surface area contributed by atoms with E-state index in [9.17, 15) is 22.8 Å². The van der Waals surface area contributed by atoms with Crippen LogP contribution in [-0.2, 0) is 15.8 Å². The van der Waals surface area contributed by atoms with Gasteiger partial charge in [-0.2, -0.15) is 13.2 Å². The zero-order valence-corrected chi connectivity index (χ0v) is 13.9. The van der Waals surface area contributed by atoms with Gasteiger partial charge in [0.2, 0.25) is 11.8 Å². The van der Waals surface area contributed by atoms with Crippen LogP contribution in [0.5, 0.6) is 0 Å². The maximum atomic E-state index is 12.7. The van der Waals surface area contributed by atoms with Gasteiger partial charge in [-0.25, -0.2) is 0 Å². The number of nitrogens with zero attached hydrogens (tertiary/aromatic N) is 1. The van der Waals surface area contributed by atoms with Gasteiger partial charge in [-0.05, 0) is 30.3 Å². The van der Waals surface area contributed by atoms with Crippen LogP contribution in [0, 0.1) is 0 Å². The Kier molecular flexibility index (Phi) is 5.07. The molecule has 2 N–H and O–H groups in total. The fraction of sp³-hybridized carbons (Fsp3) is 0.105. The minimum absolute atomic E-state index is 0.0329. The third kappa shape index (κ3) is 4.60. The number of para-hydroxylation sites is 1. The lowest BCUT2D eigenvalue weighted by molar-refractivity contribution is -0.137. The molecule has 2 aromatic carbocycles. The first-order chi connectivity index (χ1) is 12.8. The van der Waals surface area contributed by atoms with Crippen molar-refractivity contribution in [2.24, 2.45) is 0 Å². The summed E-state index contributed by atoms with van der Waals surface area (Å²) in [7, 11) is 0. The van der Waals surface area contributed by atoms with Gasteiger partial charge in [0.15, 0.2) is 0 Å². The number of aromatic nitrogens is 1. The number of halogens is 3. The molecule has 2 amide bonds. The summed E-state index contributed by atoms with van der Waals surface area (Å²) >= 11 is 0. The number of hydrogen-bond acceptors (Lipinski definition) is 3. The number of benzene rings is 2. The number of carbonyl (C=O) groups excluding carboxylic acids is 2. The van der Waals surface area contributed by atoms with E-state index in [2.05, 4.69) is 15.6 Å². The van der Waals surface area contributed by atoms with Crippen molar-refractivity contribution >= 4 is 34.1 Å². The van der Waals surface area contributed by atoms with Crippen molar-refractivity contribution in [1.29, 1.82) is 0 Å². The number of hydrogen-bond donors (Lipinski definition) is 2. The Balaban J connectivity index is 1.65. The van der Waals surface area contributed by atoms with Crippen LogP contribution >= 0.6 is 0 Å². The Bertz CT molecular complexity index is 997. The van der Waals surface area contributed by atoms with Gasteiger partial charge in [-0.3, -0.25) is 14.6 Å². The highest BCUT2D eigenvalue weighted by molar-refractivity contribution is 6.10. The van der Waals surface area contributed by atoms with Crippen molar-refractivity contribution in [2.45, 2.75) is 12.6 Å². The Hall–Kier alpha value is -3.42. The molecule has 0 aliphatic carbocycles. The van der Waals surface area contributed by atoms with E-state index in [-0.39, 0.29) is 5.69 Å². The summed E-state index contributed by atoms with van der Waals surface area (Å²) in [6.45, 7) is 0. The molecule has 3 aromatic rings. The summed E-state index contributed by atoms with van der Waals surface area (Å²) in [5.74, 6) is -1.32. The smallest absolute Gasteiger partial charge is 0.326 e. The molecule has 1 aromatic heterocycles. The Morgan fingerprint density at radius 3 is 2.41 bits per heavy atom. The van der Waals surface area contributed by atoms with E-state index < -0.39 is 30.0 Å². The van der Waals surface area contributed by atoms with Crippen molar-refractivity contribution in [3.05, 3.63) is 66.4 Å². The highest BCUT2D eigenvalue weighted by atomic mass is 19.4. The maximum absolute atomic E-state index is 12.7. The molecule has 27 heavy (non-hydrogen) atoms. The number of rotatable bonds is 4. The van der Waals surface area contributed by atoms with Crippen LogP contribution in [0.3, 0.4) is 0 Å². The first-order valence-corrected chi connectivity index (χ1v) is 7.93. The Labute approximate surface area is 152 Å². The normalized spacial score (nSPS) is 11.2. The highest BCUT2D eigenvalue weighted by Crippen LogP contribution is 2.30. The summed E-state index contributed by atoms with van der Waals surface area (Å²) in [5.41, 5.74) is 0.109. The molecule has 0 aliphatic heterocycles. The molecule has 0 atom stereocenters. The summed E-state index contributed by atoms with van der Waals surface area (Å²) < 4.78 is 38.1. The molecule has 0 saturated heterocycles. The van der Waals surface area contributed by atoms with E-state index in [0.29, 0.717) is 11.2 Å². The van der Waals surface area contributed by atoms with Crippen molar-refractivity contribution in [2.75, 3.05) is 10.6 Å². The van der Waals surface area contributed by atoms with Crippen LogP contribution in [0.4, 0.5) is 24.5 Å². The van der Waals surface area contributed by atoms with Crippen LogP contribution in [0.25, 0.3) is 10.9 Å². The quantitative estimate of drug-likeness (QED) is 0.673. The van der Waals surface area contributed by atoms with E-state index in [1.165, 1.54) is 12.1 Å². The van der Waals surface area contributed by atoms with Crippen molar-refractivity contribution < 1.29 is 22.8 Å². The zero-order chi connectivity index (χ0) is 19.4. The molecular formula is C19H14F3N3O2. The van der Waals surface area contributed by atoms with E-state index in [1.54, 1.807) is 24.4 Å². The molecular weight excluding hydrogens is 359 g/mol. The number of pyridine rings is 1. The highest BCUT2D eigenvalue weighted by Gasteiger charge is 2.30. The number of anilines is 2. The maximum Gasteiger partial charge on any atom is 0.416 e. The summed E-state index contributed by atoms with van der Waals surface area (Å²) in [5, 5.41) is 5.71. The number of nitrogens with one attached hydrogen (secondary N) is 2. The van der Waals surface area contributed by atoms with Crippen LogP contribution in [-0.4, -0.2) is 16.8 Å². The third-order valence-electron chi connectivity index (χ3n) is 3.70. The standard InChI is InChI=1S/C19H14F3N3O2/c20-19(21,22)13-6-2-7-14(10-13)24-16(26)11-17(27)25-15-8-1-4-12-5-3-9-23-18(12)15/h1-10H,11H2,(H,24,26)(H,25,27). The molecule has 0 spiro atoms. The Morgan fingerprint density at radius 1 is 0.926 bits per heavy atom. The molecule has 0 unspecified atom stereocenters. The van der Waals surface area contributed by atoms with E-state index in [4.69, 9.17) is 0 Å².